The van der Waals surface area contributed by atoms with E-state index in [-0.39, 0.29) is 38.9 Å². The minimum absolute atomic E-state index is 0.116. The van der Waals surface area contributed by atoms with Gasteiger partial charge in [0.05, 0.1) is 18.5 Å². The van der Waals surface area contributed by atoms with Crippen molar-refractivity contribution in [2.45, 2.75) is 45.1 Å². The Morgan fingerprint density at radius 3 is 1.49 bits per heavy atom. The van der Waals surface area contributed by atoms with Crippen LogP contribution in [-0.2, 0) is 38.2 Å². The molecule has 4 nitrogen and oxygen atoms in total. The van der Waals surface area contributed by atoms with E-state index in [2.05, 4.69) is 15.0 Å². The molecule has 0 aliphatic carbocycles. The maximum absolute atomic E-state index is 15.1. The second-order valence-corrected chi connectivity index (χ2v) is 13.1. The number of para-hydroxylation sites is 1. The van der Waals surface area contributed by atoms with Gasteiger partial charge in [0.2, 0.25) is 0 Å². The first-order valence-electron chi connectivity index (χ1n) is 26.0. The summed E-state index contributed by atoms with van der Waals surface area (Å²) in [6.07, 6.45) is -15.0. The van der Waals surface area contributed by atoms with Crippen LogP contribution < -0.4 is 0 Å². The van der Waals surface area contributed by atoms with Crippen LogP contribution in [0.4, 0.5) is 4.39 Å². The normalized spacial score (nSPS) is 17.3. The lowest BCUT2D eigenvalue weighted by molar-refractivity contribution is 0.610. The zero-order valence-corrected chi connectivity index (χ0v) is 30.1. The monoisotopic (exact) mass is 759 g/mol. The van der Waals surface area contributed by atoms with Crippen molar-refractivity contribution in [3.05, 3.63) is 209 Å². The molecule has 0 unspecified atom stereocenters. The molecule has 0 fully saturated rings. The predicted molar refractivity (Wildman–Crippen MR) is 230 cm³/mol. The Bertz CT molecular complexity index is 3390. The summed E-state index contributed by atoms with van der Waals surface area (Å²) >= 11 is 0. The average molecular weight is 760 g/mol. The molecule has 0 bridgehead atoms. The number of halogens is 1. The van der Waals surface area contributed by atoms with Crippen molar-refractivity contribution in [2.75, 3.05) is 0 Å². The van der Waals surface area contributed by atoms with E-state index in [4.69, 9.17) is 9.90 Å². The Hall–Kier alpha value is -6.72. The van der Waals surface area contributed by atoms with Crippen molar-refractivity contribution in [3.8, 4) is 33.8 Å². The first-order valence-corrected chi connectivity index (χ1v) is 18.0. The minimum atomic E-state index is -3.20. The largest absolute Gasteiger partial charge is 0.455 e. The Morgan fingerprint density at radius 1 is 0.526 bits per heavy atom. The van der Waals surface area contributed by atoms with Gasteiger partial charge in [0.15, 0.2) is 0 Å². The molecule has 278 valence electrons. The van der Waals surface area contributed by atoms with Gasteiger partial charge in [-0.15, -0.1) is 0 Å². The second kappa shape index (κ2) is 16.2. The summed E-state index contributed by atoms with van der Waals surface area (Å²) in [4.78, 5) is 13.2. The molecule has 0 saturated carbocycles. The van der Waals surface area contributed by atoms with Crippen molar-refractivity contribution in [1.29, 1.82) is 0 Å². The zero-order chi connectivity index (χ0) is 52.7. The highest BCUT2D eigenvalue weighted by atomic mass is 19.1. The van der Waals surface area contributed by atoms with Crippen LogP contribution in [0.15, 0.2) is 169 Å². The van der Waals surface area contributed by atoms with E-state index in [0.717, 1.165) is 41.6 Å². The lowest BCUT2D eigenvalue weighted by Gasteiger charge is -2.12. The number of rotatable bonds is 12. The number of hydrogen-bond donors (Lipinski definition) is 0. The number of benzene rings is 5. The quantitative estimate of drug-likeness (QED) is 0.124. The molecule has 9 rings (SSSR count). The number of pyridine rings is 3. The smallest absolute Gasteiger partial charge is 0.144 e. The fraction of sp³-hybridized carbons (Fsp3) is 0.135. The van der Waals surface area contributed by atoms with Gasteiger partial charge in [-0.25, -0.2) is 4.39 Å². The van der Waals surface area contributed by atoms with Gasteiger partial charge in [0.1, 0.15) is 17.0 Å². The van der Waals surface area contributed by atoms with Gasteiger partial charge in [-0.1, -0.05) is 109 Å². The third-order valence-electron chi connectivity index (χ3n) is 9.19. The number of nitrogens with zero attached hydrogens (tertiary/aromatic N) is 3. The summed E-state index contributed by atoms with van der Waals surface area (Å²) < 4.78 is 165. The number of furan rings is 1. The van der Waals surface area contributed by atoms with Crippen LogP contribution in [0.1, 0.15) is 60.9 Å². The zero-order valence-electron chi connectivity index (χ0n) is 46.1. The maximum Gasteiger partial charge on any atom is 0.144 e. The number of hydrogen-bond acceptors (Lipinski definition) is 4. The Morgan fingerprint density at radius 2 is 1.02 bits per heavy atom. The Kier molecular flexibility index (Phi) is 6.28. The van der Waals surface area contributed by atoms with Crippen LogP contribution in [0.5, 0.6) is 0 Å². The fourth-order valence-electron chi connectivity index (χ4n) is 6.35. The third-order valence-corrected chi connectivity index (χ3v) is 9.19. The Balaban J connectivity index is 1.13. The highest BCUT2D eigenvalue weighted by Gasteiger charge is 2.15. The average Bonchev–Trinajstić information content (AvgIpc) is 3.76. The first-order chi connectivity index (χ1) is 34.2. The van der Waals surface area contributed by atoms with Crippen LogP contribution >= 0.6 is 0 Å². The molecule has 0 aliphatic rings. The van der Waals surface area contributed by atoms with Crippen LogP contribution in [0.3, 0.4) is 0 Å². The molecule has 0 saturated heterocycles. The molecule has 0 radical (unpaired) electrons. The molecule has 57 heavy (non-hydrogen) atoms. The Labute approximate surface area is 355 Å². The van der Waals surface area contributed by atoms with Crippen LogP contribution in [0, 0.1) is 12.7 Å². The predicted octanol–water partition coefficient (Wildman–Crippen LogP) is 12.6. The van der Waals surface area contributed by atoms with Gasteiger partial charge in [-0.3, -0.25) is 15.0 Å². The summed E-state index contributed by atoms with van der Waals surface area (Å²) in [6, 6.07) is 34.2. The molecule has 0 N–H and O–H groups in total. The summed E-state index contributed by atoms with van der Waals surface area (Å²) in [6.45, 7) is -2.86. The number of aryl methyl sites for hydroxylation is 7. The summed E-state index contributed by atoms with van der Waals surface area (Å²) in [5.74, 6) is -1.26. The van der Waals surface area contributed by atoms with Gasteiger partial charge in [0.25, 0.3) is 0 Å². The lowest BCUT2D eigenvalue weighted by Crippen LogP contribution is -2.00. The highest BCUT2D eigenvalue weighted by molar-refractivity contribution is 6.09. The van der Waals surface area contributed by atoms with Crippen molar-refractivity contribution < 1.29 is 30.7 Å². The van der Waals surface area contributed by atoms with Crippen molar-refractivity contribution in [3.63, 3.8) is 0 Å². The lowest BCUT2D eigenvalue weighted by atomic mass is 9.94. The molecule has 0 atom stereocenters. The van der Waals surface area contributed by atoms with Gasteiger partial charge >= 0.3 is 0 Å². The SMILES string of the molecule is [2H]c1c(F)c(C([2H])([2H])[2H])cc2c1oc1c(-c3ccc(C([2H])([2H])C([2H])([2H])c4cc(C([2H])([2H])C([2H])([2H])c5ccc(-c6ccccc6)nc5)cc(C([2H])([2H])C([2H])([2H])c5ccc(-c6ccccc6)nc5)c4)cn3)cccc12. The van der Waals surface area contributed by atoms with E-state index in [9.17, 15) is 16.4 Å². The fourth-order valence-corrected chi connectivity index (χ4v) is 6.35. The maximum atomic E-state index is 15.1. The molecule has 0 aliphatic heterocycles. The van der Waals surface area contributed by atoms with Gasteiger partial charge in [-0.2, -0.15) is 0 Å². The third kappa shape index (κ3) is 8.15. The van der Waals surface area contributed by atoms with E-state index in [1.165, 1.54) is 48.8 Å². The molecular weight excluding hydrogens is 702 g/mol. The van der Waals surface area contributed by atoms with Gasteiger partial charge in [0, 0.05) is 72.7 Å². The van der Waals surface area contributed by atoms with Crippen LogP contribution in [0.25, 0.3) is 55.7 Å². The van der Waals surface area contributed by atoms with Gasteiger partial charge < -0.3 is 4.42 Å². The van der Waals surface area contributed by atoms with E-state index >= 15 is 4.39 Å². The molecule has 5 heteroatoms. The second-order valence-electron chi connectivity index (χ2n) is 13.1. The molecule has 5 aromatic carbocycles. The minimum Gasteiger partial charge on any atom is -0.455 e. The topological polar surface area (TPSA) is 51.8 Å². The van der Waals surface area contributed by atoms with Crippen LogP contribution in [-0.4, -0.2) is 15.0 Å². The summed E-state index contributed by atoms with van der Waals surface area (Å²) in [5.41, 5.74) is -0.576. The highest BCUT2D eigenvalue weighted by Crippen LogP contribution is 2.36. The molecule has 4 heterocycles. The van der Waals surface area contributed by atoms with E-state index < -0.39 is 79.2 Å². The van der Waals surface area contributed by atoms with Crippen LogP contribution in [0.2, 0.25) is 0 Å². The van der Waals surface area contributed by atoms with Crippen molar-refractivity contribution in [2.24, 2.45) is 0 Å². The number of fused-ring (bicyclic) bond motifs is 3. The van der Waals surface area contributed by atoms with Gasteiger partial charge in [-0.05, 0) is 114 Å². The summed E-state index contributed by atoms with van der Waals surface area (Å²) in [7, 11) is 0. The van der Waals surface area contributed by atoms with E-state index in [1.54, 1.807) is 66.7 Å². The molecule has 0 spiro atoms. The molecular formula is C52H42FN3O. The summed E-state index contributed by atoms with van der Waals surface area (Å²) in [5, 5.41) is 0.511. The standard InChI is InChI=1S/C52H42FN3O/c1-35-27-46-44-13-8-14-45(52(44)57-51(46)31-47(35)53)50-26-23-38(34-56-50)17-20-41-29-39(18-15-36-21-24-48(54-32-36)42-9-4-2-5-10-42)28-40(30-41)19-16-37-22-25-49(55-33-37)43-11-6-3-7-12-43/h2-14,21-34H,15-20H2,1H3/i1D3,15D2,16D2,17D2,18D2,19D2,20D2,31D. The van der Waals surface area contributed by atoms with E-state index in [0.29, 0.717) is 22.3 Å². The molecule has 0 amide bonds. The van der Waals surface area contributed by atoms with Crippen molar-refractivity contribution in [1.82, 2.24) is 15.0 Å². The van der Waals surface area contributed by atoms with E-state index in [1.807, 2.05) is 12.1 Å². The number of aromatic nitrogens is 3. The molecule has 4 aromatic heterocycles. The first kappa shape index (κ1) is 22.1. The molecule has 9 aromatic rings. The van der Waals surface area contributed by atoms with Crippen molar-refractivity contribution >= 4 is 21.9 Å².